The molecule has 1 fully saturated rings. The maximum Gasteiger partial charge on any atom is 0.308 e. The molecule has 4 rings (SSSR count). The molecular weight excluding hydrogens is 276 g/mol. The van der Waals surface area contributed by atoms with Crippen LogP contribution in [0.2, 0.25) is 0 Å². The highest BCUT2D eigenvalue weighted by atomic mass is 19.3. The fourth-order valence-corrected chi connectivity index (χ4v) is 2.78. The van der Waals surface area contributed by atoms with E-state index in [9.17, 15) is 13.6 Å². The molecule has 0 saturated heterocycles. The fraction of sp³-hybridized carbons (Fsp3) is 0.400. The summed E-state index contributed by atoms with van der Waals surface area (Å²) in [7, 11) is 0. The van der Waals surface area contributed by atoms with E-state index in [0.29, 0.717) is 0 Å². The Morgan fingerprint density at radius 3 is 2.62 bits per heavy atom. The van der Waals surface area contributed by atoms with Crippen molar-refractivity contribution in [1.82, 2.24) is 14.8 Å². The largest absolute Gasteiger partial charge is 0.308 e. The molecular formula is C15H13F2N3O. The molecule has 1 atom stereocenters. The van der Waals surface area contributed by atoms with Gasteiger partial charge in [0.1, 0.15) is 0 Å². The molecule has 1 aliphatic heterocycles. The molecule has 108 valence electrons. The summed E-state index contributed by atoms with van der Waals surface area (Å²) >= 11 is 0. The van der Waals surface area contributed by atoms with Gasteiger partial charge in [-0.2, -0.15) is 8.78 Å². The third-order valence-electron chi connectivity index (χ3n) is 4.06. The summed E-state index contributed by atoms with van der Waals surface area (Å²) in [6.07, 6.45) is 1.26. The molecule has 0 N–H and O–H groups in total. The van der Waals surface area contributed by atoms with Crippen LogP contribution < -0.4 is 0 Å². The molecule has 2 aliphatic rings. The summed E-state index contributed by atoms with van der Waals surface area (Å²) in [5, 5.41) is 4.08. The van der Waals surface area contributed by atoms with Gasteiger partial charge in [-0.25, -0.2) is 9.67 Å². The van der Waals surface area contributed by atoms with Gasteiger partial charge < -0.3 is 0 Å². The summed E-state index contributed by atoms with van der Waals surface area (Å²) in [6, 6.07) is 8.46. The number of hydrogen-bond acceptors (Lipinski definition) is 3. The van der Waals surface area contributed by atoms with E-state index in [2.05, 4.69) is 10.1 Å². The average molecular weight is 289 g/mol. The Labute approximate surface area is 119 Å². The van der Waals surface area contributed by atoms with Crippen LogP contribution in [0.1, 0.15) is 47.3 Å². The van der Waals surface area contributed by atoms with Crippen LogP contribution >= 0.6 is 0 Å². The predicted octanol–water partition coefficient (Wildman–Crippen LogP) is 2.96. The lowest BCUT2D eigenvalue weighted by Gasteiger charge is -2.11. The number of fused-ring (bicyclic) bond motifs is 1. The summed E-state index contributed by atoms with van der Waals surface area (Å²) in [4.78, 5) is 15.8. The van der Waals surface area contributed by atoms with Crippen LogP contribution in [0.5, 0.6) is 0 Å². The summed E-state index contributed by atoms with van der Waals surface area (Å²) in [6.45, 7) is 0. The number of nitrogens with zero attached hydrogens (tertiary/aromatic N) is 3. The number of ketones is 1. The van der Waals surface area contributed by atoms with Crippen molar-refractivity contribution in [2.45, 2.75) is 31.2 Å². The topological polar surface area (TPSA) is 47.8 Å². The monoisotopic (exact) mass is 289 g/mol. The van der Waals surface area contributed by atoms with Crippen LogP contribution in [0.25, 0.3) is 0 Å². The van der Waals surface area contributed by atoms with Gasteiger partial charge in [0.15, 0.2) is 5.82 Å². The van der Waals surface area contributed by atoms with Gasteiger partial charge in [-0.05, 0) is 18.4 Å². The van der Waals surface area contributed by atoms with Crippen LogP contribution in [-0.2, 0) is 5.92 Å². The van der Waals surface area contributed by atoms with E-state index >= 15 is 0 Å². The highest BCUT2D eigenvalue weighted by Crippen LogP contribution is 2.45. The molecule has 1 saturated carbocycles. The van der Waals surface area contributed by atoms with Crippen molar-refractivity contribution >= 4 is 5.78 Å². The normalized spacial score (nSPS) is 23.0. The molecule has 0 radical (unpaired) electrons. The predicted molar refractivity (Wildman–Crippen MR) is 70.2 cm³/mol. The number of halogens is 2. The number of hydrogen-bond donors (Lipinski definition) is 0. The maximum atomic E-state index is 14.1. The molecule has 0 unspecified atom stereocenters. The molecule has 0 amide bonds. The third kappa shape index (κ3) is 1.97. The molecule has 4 nitrogen and oxygen atoms in total. The minimum Gasteiger partial charge on any atom is -0.290 e. The maximum absolute atomic E-state index is 14.1. The number of carbonyl (C=O) groups excluding carboxylic acids is 1. The van der Waals surface area contributed by atoms with Crippen molar-refractivity contribution in [1.29, 1.82) is 0 Å². The molecule has 6 heteroatoms. The van der Waals surface area contributed by atoms with Crippen LogP contribution in [-0.4, -0.2) is 20.5 Å². The van der Waals surface area contributed by atoms with Gasteiger partial charge in [0.2, 0.25) is 11.6 Å². The number of benzene rings is 1. The summed E-state index contributed by atoms with van der Waals surface area (Å²) in [5.41, 5.74) is 0.756. The van der Waals surface area contributed by atoms with Gasteiger partial charge in [0.05, 0.1) is 6.04 Å². The van der Waals surface area contributed by atoms with Gasteiger partial charge in [-0.15, -0.1) is 5.10 Å². The lowest BCUT2D eigenvalue weighted by atomic mass is 10.0. The average Bonchev–Trinajstić information content (AvgIpc) is 3.17. The zero-order valence-electron chi connectivity index (χ0n) is 11.2. The Hall–Kier alpha value is -2.11. The highest BCUT2D eigenvalue weighted by molar-refractivity contribution is 5.96. The quantitative estimate of drug-likeness (QED) is 0.816. The van der Waals surface area contributed by atoms with Gasteiger partial charge in [0, 0.05) is 12.3 Å². The van der Waals surface area contributed by atoms with Crippen LogP contribution in [0.4, 0.5) is 8.78 Å². The van der Waals surface area contributed by atoms with Crippen LogP contribution in [0, 0.1) is 5.92 Å². The van der Waals surface area contributed by atoms with Crippen LogP contribution in [0.15, 0.2) is 30.3 Å². The second kappa shape index (κ2) is 4.19. The highest BCUT2D eigenvalue weighted by Gasteiger charge is 2.49. The molecule has 2 aromatic rings. The Bertz CT molecular complexity index is 707. The van der Waals surface area contributed by atoms with Gasteiger partial charge in [-0.1, -0.05) is 30.3 Å². The Kier molecular flexibility index (Phi) is 2.52. The summed E-state index contributed by atoms with van der Waals surface area (Å²) < 4.78 is 29.5. The lowest BCUT2D eigenvalue weighted by molar-refractivity contribution is -0.00883. The standard InChI is InChI=1S/C15H13F2N3O/c16-15(17)8-11(9-4-2-1-3-5-9)20-14(15)18-13(19-20)12(21)10-6-7-10/h1-5,10-11H,6-8H2/t11-/m1/s1. The van der Waals surface area contributed by atoms with Crippen molar-refractivity contribution < 1.29 is 13.6 Å². The number of carbonyl (C=O) groups is 1. The number of aromatic nitrogens is 3. The number of Topliss-reactive ketones (excluding diaryl/α,β-unsaturated/α-hetero) is 1. The van der Waals surface area contributed by atoms with E-state index in [0.717, 1.165) is 18.4 Å². The second-order valence-corrected chi connectivity index (χ2v) is 5.68. The number of alkyl halides is 2. The first-order chi connectivity index (χ1) is 10.1. The van der Waals surface area contributed by atoms with E-state index in [1.54, 1.807) is 24.3 Å². The first-order valence-electron chi connectivity index (χ1n) is 7.00. The second-order valence-electron chi connectivity index (χ2n) is 5.68. The first-order valence-corrected chi connectivity index (χ1v) is 7.00. The third-order valence-corrected chi connectivity index (χ3v) is 4.06. The van der Waals surface area contributed by atoms with E-state index in [1.807, 2.05) is 6.07 Å². The molecule has 1 aromatic heterocycles. The molecule has 2 heterocycles. The molecule has 1 aromatic carbocycles. The van der Waals surface area contributed by atoms with E-state index in [1.165, 1.54) is 4.68 Å². The zero-order valence-corrected chi connectivity index (χ0v) is 11.2. The van der Waals surface area contributed by atoms with Gasteiger partial charge in [0.25, 0.3) is 0 Å². The first kappa shape index (κ1) is 12.6. The van der Waals surface area contributed by atoms with Crippen LogP contribution in [0.3, 0.4) is 0 Å². The number of rotatable bonds is 3. The Balaban J connectivity index is 1.77. The zero-order chi connectivity index (χ0) is 14.6. The molecule has 0 spiro atoms. The Morgan fingerprint density at radius 1 is 1.24 bits per heavy atom. The van der Waals surface area contributed by atoms with Gasteiger partial charge in [-0.3, -0.25) is 4.79 Å². The molecule has 0 bridgehead atoms. The van der Waals surface area contributed by atoms with Crippen molar-refractivity contribution in [2.24, 2.45) is 5.92 Å². The summed E-state index contributed by atoms with van der Waals surface area (Å²) in [5.74, 6) is -3.78. The van der Waals surface area contributed by atoms with Gasteiger partial charge >= 0.3 is 5.92 Å². The minimum atomic E-state index is -3.05. The van der Waals surface area contributed by atoms with E-state index in [-0.39, 0.29) is 29.8 Å². The fourth-order valence-electron chi connectivity index (χ4n) is 2.78. The smallest absolute Gasteiger partial charge is 0.290 e. The van der Waals surface area contributed by atoms with Crippen molar-refractivity contribution in [3.8, 4) is 0 Å². The SMILES string of the molecule is O=C(c1nc2n(n1)[C@@H](c1ccccc1)CC2(F)F)C1CC1. The Morgan fingerprint density at radius 2 is 1.95 bits per heavy atom. The van der Waals surface area contributed by atoms with Crippen molar-refractivity contribution in [3.05, 3.63) is 47.5 Å². The molecule has 21 heavy (non-hydrogen) atoms. The molecule has 1 aliphatic carbocycles. The van der Waals surface area contributed by atoms with Crippen molar-refractivity contribution in [2.75, 3.05) is 0 Å². The van der Waals surface area contributed by atoms with Crippen molar-refractivity contribution in [3.63, 3.8) is 0 Å². The lowest BCUT2D eigenvalue weighted by Crippen LogP contribution is -2.13. The van der Waals surface area contributed by atoms with E-state index < -0.39 is 12.0 Å². The minimum absolute atomic E-state index is 0.0622. The van der Waals surface area contributed by atoms with E-state index in [4.69, 9.17) is 0 Å².